The van der Waals surface area contributed by atoms with Crippen LogP contribution in [0.25, 0.3) is 11.5 Å². The van der Waals surface area contributed by atoms with E-state index in [2.05, 4.69) is 29.2 Å². The van der Waals surface area contributed by atoms with Gasteiger partial charge in [0.25, 0.3) is 5.91 Å². The predicted octanol–water partition coefficient (Wildman–Crippen LogP) is 2.02. The smallest absolute Gasteiger partial charge is 0.273 e. The first kappa shape index (κ1) is 17.2. The topological polar surface area (TPSA) is 80.7 Å². The summed E-state index contributed by atoms with van der Waals surface area (Å²) in [5.41, 5.74) is 0.222. The zero-order valence-corrected chi connectivity index (χ0v) is 13.6. The van der Waals surface area contributed by atoms with Crippen molar-refractivity contribution >= 4 is 5.91 Å². The highest BCUT2D eigenvalue weighted by Gasteiger charge is 2.14. The molecule has 2 aromatic heterocycles. The summed E-state index contributed by atoms with van der Waals surface area (Å²) >= 11 is 0. The molecule has 0 unspecified atom stereocenters. The van der Waals surface area contributed by atoms with E-state index in [-0.39, 0.29) is 11.6 Å². The summed E-state index contributed by atoms with van der Waals surface area (Å²) < 4.78 is 15.8. The van der Waals surface area contributed by atoms with Crippen LogP contribution in [0.2, 0.25) is 0 Å². The van der Waals surface area contributed by atoms with Crippen molar-refractivity contribution in [2.75, 3.05) is 39.4 Å². The summed E-state index contributed by atoms with van der Waals surface area (Å²) in [6, 6.07) is 5.04. The molecule has 2 rings (SSSR count). The van der Waals surface area contributed by atoms with Crippen LogP contribution in [-0.4, -0.2) is 55.4 Å². The molecule has 0 aliphatic heterocycles. The van der Waals surface area contributed by atoms with Crippen molar-refractivity contribution in [2.24, 2.45) is 0 Å². The van der Waals surface area contributed by atoms with Gasteiger partial charge in [0.1, 0.15) is 0 Å². The van der Waals surface area contributed by atoms with Crippen molar-refractivity contribution in [3.05, 3.63) is 30.2 Å². The van der Waals surface area contributed by atoms with Crippen LogP contribution >= 0.6 is 0 Å². The molecule has 0 radical (unpaired) electrons. The number of likely N-dealkylation sites (N-methyl/N-ethyl adjacent to an activating group) is 1. The molecule has 2 heterocycles. The molecule has 0 fully saturated rings. The lowest BCUT2D eigenvalue weighted by molar-refractivity contribution is 0.0877. The molecule has 1 N–H and O–H groups in total. The van der Waals surface area contributed by atoms with Crippen molar-refractivity contribution in [3.63, 3.8) is 0 Å². The van der Waals surface area contributed by atoms with Crippen molar-refractivity contribution in [3.8, 4) is 11.5 Å². The molecule has 7 nitrogen and oxygen atoms in total. The average molecular weight is 321 g/mol. The Balaban J connectivity index is 1.65. The second-order valence-corrected chi connectivity index (χ2v) is 4.95. The first-order chi connectivity index (χ1) is 11.2. The van der Waals surface area contributed by atoms with E-state index >= 15 is 0 Å². The highest BCUT2D eigenvalue weighted by Crippen LogP contribution is 2.20. The molecule has 0 bridgehead atoms. The summed E-state index contributed by atoms with van der Waals surface area (Å²) in [5.74, 6) is 0.672. The van der Waals surface area contributed by atoms with Gasteiger partial charge in [-0.1, -0.05) is 19.0 Å². The molecule has 0 aliphatic rings. The minimum Gasteiger partial charge on any atom is -0.461 e. The second-order valence-electron chi connectivity index (χ2n) is 4.95. The van der Waals surface area contributed by atoms with Gasteiger partial charge in [-0.05, 0) is 25.2 Å². The molecular formula is C16H23N3O4. The van der Waals surface area contributed by atoms with Gasteiger partial charge >= 0.3 is 0 Å². The lowest BCUT2D eigenvalue weighted by Crippen LogP contribution is -2.30. The zero-order chi connectivity index (χ0) is 16.5. The SMILES string of the molecule is CCN(CC)CCOCCNC(=O)c1cc(-c2ccco2)on1. The predicted molar refractivity (Wildman–Crippen MR) is 85.1 cm³/mol. The summed E-state index contributed by atoms with van der Waals surface area (Å²) in [7, 11) is 0. The molecule has 0 aromatic carbocycles. The van der Waals surface area contributed by atoms with Crippen LogP contribution in [0.3, 0.4) is 0 Å². The van der Waals surface area contributed by atoms with E-state index in [4.69, 9.17) is 13.7 Å². The third kappa shape index (κ3) is 5.22. The maximum atomic E-state index is 11.9. The number of nitrogens with zero attached hydrogens (tertiary/aromatic N) is 2. The summed E-state index contributed by atoms with van der Waals surface area (Å²) in [6.07, 6.45) is 1.53. The second kappa shape index (κ2) is 9.12. The minimum atomic E-state index is -0.293. The number of carbonyl (C=O) groups excluding carboxylic acids is 1. The molecule has 23 heavy (non-hydrogen) atoms. The fraction of sp³-hybridized carbons (Fsp3) is 0.500. The first-order valence-corrected chi connectivity index (χ1v) is 7.83. The number of carbonyl (C=O) groups is 1. The third-order valence-corrected chi connectivity index (χ3v) is 3.49. The fourth-order valence-corrected chi connectivity index (χ4v) is 2.08. The van der Waals surface area contributed by atoms with E-state index < -0.39 is 0 Å². The normalized spacial score (nSPS) is 11.1. The van der Waals surface area contributed by atoms with Crippen LogP contribution in [-0.2, 0) is 4.74 Å². The van der Waals surface area contributed by atoms with Gasteiger partial charge in [-0.2, -0.15) is 0 Å². The lowest BCUT2D eigenvalue weighted by atomic mass is 10.3. The van der Waals surface area contributed by atoms with Crippen LogP contribution in [0, 0.1) is 0 Å². The molecule has 0 saturated carbocycles. The third-order valence-electron chi connectivity index (χ3n) is 3.49. The number of furan rings is 1. The van der Waals surface area contributed by atoms with Crippen LogP contribution in [0.5, 0.6) is 0 Å². The van der Waals surface area contributed by atoms with Crippen LogP contribution in [0.1, 0.15) is 24.3 Å². The molecule has 0 saturated heterocycles. The fourth-order valence-electron chi connectivity index (χ4n) is 2.08. The molecule has 2 aromatic rings. The number of nitrogens with one attached hydrogen (secondary N) is 1. The Hall–Kier alpha value is -2.12. The monoisotopic (exact) mass is 321 g/mol. The van der Waals surface area contributed by atoms with E-state index in [0.717, 1.165) is 19.6 Å². The van der Waals surface area contributed by atoms with Crippen LogP contribution < -0.4 is 5.32 Å². The Bertz CT molecular complexity index is 576. The number of amides is 1. The van der Waals surface area contributed by atoms with Gasteiger partial charge in [-0.3, -0.25) is 4.79 Å². The quantitative estimate of drug-likeness (QED) is 0.674. The molecular weight excluding hydrogens is 298 g/mol. The maximum absolute atomic E-state index is 11.9. The molecule has 0 atom stereocenters. The van der Waals surface area contributed by atoms with E-state index in [1.165, 1.54) is 6.26 Å². The largest absolute Gasteiger partial charge is 0.461 e. The Morgan fingerprint density at radius 3 is 2.83 bits per heavy atom. The van der Waals surface area contributed by atoms with E-state index in [1.54, 1.807) is 18.2 Å². The molecule has 0 aliphatic carbocycles. The Morgan fingerprint density at radius 1 is 1.30 bits per heavy atom. The highest BCUT2D eigenvalue weighted by atomic mass is 16.5. The number of rotatable bonds is 10. The summed E-state index contributed by atoms with van der Waals surface area (Å²) in [4.78, 5) is 14.2. The van der Waals surface area contributed by atoms with Crippen molar-refractivity contribution < 1.29 is 18.5 Å². The van der Waals surface area contributed by atoms with E-state index in [9.17, 15) is 4.79 Å². The number of aromatic nitrogens is 1. The number of hydrogen-bond acceptors (Lipinski definition) is 6. The molecule has 0 spiro atoms. The van der Waals surface area contributed by atoms with Crippen molar-refractivity contribution in [1.82, 2.24) is 15.4 Å². The highest BCUT2D eigenvalue weighted by molar-refractivity contribution is 5.92. The summed E-state index contributed by atoms with van der Waals surface area (Å²) in [6.45, 7) is 8.73. The molecule has 1 amide bonds. The lowest BCUT2D eigenvalue weighted by Gasteiger charge is -2.17. The van der Waals surface area contributed by atoms with Gasteiger partial charge in [0.15, 0.2) is 11.5 Å². The molecule has 7 heteroatoms. The van der Waals surface area contributed by atoms with E-state index in [1.807, 2.05) is 0 Å². The Morgan fingerprint density at radius 2 is 2.13 bits per heavy atom. The zero-order valence-electron chi connectivity index (χ0n) is 13.6. The van der Waals surface area contributed by atoms with Crippen molar-refractivity contribution in [1.29, 1.82) is 0 Å². The standard InChI is InChI=1S/C16H23N3O4/c1-3-19(4-2)8-11-21-10-7-17-16(20)13-12-15(23-18-13)14-6-5-9-22-14/h5-6,9,12H,3-4,7-8,10-11H2,1-2H3,(H,17,20). The molecule has 126 valence electrons. The first-order valence-electron chi connectivity index (χ1n) is 7.83. The van der Waals surface area contributed by atoms with Gasteiger partial charge in [-0.15, -0.1) is 0 Å². The average Bonchev–Trinajstić information content (AvgIpc) is 3.24. The van der Waals surface area contributed by atoms with Gasteiger partial charge in [0, 0.05) is 19.2 Å². The minimum absolute atomic E-state index is 0.222. The number of ether oxygens (including phenoxy) is 1. The summed E-state index contributed by atoms with van der Waals surface area (Å²) in [5, 5.41) is 6.48. The van der Waals surface area contributed by atoms with Crippen LogP contribution in [0.15, 0.2) is 33.4 Å². The Kier molecular flexibility index (Phi) is 6.83. The maximum Gasteiger partial charge on any atom is 0.273 e. The van der Waals surface area contributed by atoms with Crippen LogP contribution in [0.4, 0.5) is 0 Å². The van der Waals surface area contributed by atoms with Gasteiger partial charge < -0.3 is 23.9 Å². The van der Waals surface area contributed by atoms with Crippen molar-refractivity contribution in [2.45, 2.75) is 13.8 Å². The van der Waals surface area contributed by atoms with E-state index in [0.29, 0.717) is 31.3 Å². The van der Waals surface area contributed by atoms with Gasteiger partial charge in [0.05, 0.1) is 19.5 Å². The number of hydrogen-bond donors (Lipinski definition) is 1. The Labute approximate surface area is 135 Å². The van der Waals surface area contributed by atoms with Gasteiger partial charge in [-0.25, -0.2) is 0 Å². The van der Waals surface area contributed by atoms with Gasteiger partial charge in [0.2, 0.25) is 5.76 Å².